The number of hydrogen-bond acceptors (Lipinski definition) is 5. The molecule has 8 heteroatoms. The minimum absolute atomic E-state index is 0.0971. The van der Waals surface area contributed by atoms with Gasteiger partial charge in [-0.2, -0.15) is 0 Å². The molecule has 0 unspecified atom stereocenters. The number of carbonyl (C=O) groups excluding carboxylic acids is 1. The Morgan fingerprint density at radius 3 is 2.64 bits per heavy atom. The maximum absolute atomic E-state index is 12.4. The Morgan fingerprint density at radius 2 is 2.04 bits per heavy atom. The molecule has 0 aliphatic carbocycles. The normalized spacial score (nSPS) is 16.4. The van der Waals surface area contributed by atoms with Crippen LogP contribution in [0.4, 0.5) is 5.69 Å². The van der Waals surface area contributed by atoms with Crippen LogP contribution >= 0.6 is 0 Å². The van der Waals surface area contributed by atoms with Crippen LogP contribution in [0.2, 0.25) is 0 Å². The summed E-state index contributed by atoms with van der Waals surface area (Å²) in [4.78, 5) is 14.6. The van der Waals surface area contributed by atoms with Crippen LogP contribution in [-0.4, -0.2) is 64.8 Å². The molecule has 0 spiro atoms. The van der Waals surface area contributed by atoms with E-state index in [1.165, 1.54) is 0 Å². The van der Waals surface area contributed by atoms with Crippen molar-refractivity contribution in [3.05, 3.63) is 24.3 Å². The Morgan fingerprint density at radius 1 is 1.36 bits per heavy atom. The molecule has 1 aliphatic heterocycles. The molecule has 0 radical (unpaired) electrons. The van der Waals surface area contributed by atoms with Crippen molar-refractivity contribution >= 4 is 21.6 Å². The Balaban J connectivity index is 2.08. The third-order valence-electron chi connectivity index (χ3n) is 4.19. The highest BCUT2D eigenvalue weighted by Gasteiger charge is 2.24. The lowest BCUT2D eigenvalue weighted by molar-refractivity contribution is -0.120. The van der Waals surface area contributed by atoms with Crippen LogP contribution in [0.5, 0.6) is 5.75 Å². The van der Waals surface area contributed by atoms with Gasteiger partial charge in [-0.3, -0.25) is 9.10 Å². The summed E-state index contributed by atoms with van der Waals surface area (Å²) in [7, 11) is -1.54. The zero-order valence-corrected chi connectivity index (χ0v) is 15.9. The molecule has 0 saturated carbocycles. The van der Waals surface area contributed by atoms with E-state index in [1.54, 1.807) is 24.3 Å². The van der Waals surface area contributed by atoms with Crippen molar-refractivity contribution in [1.82, 2.24) is 10.2 Å². The maximum Gasteiger partial charge on any atom is 0.240 e. The van der Waals surface area contributed by atoms with Crippen molar-refractivity contribution in [2.24, 2.45) is 0 Å². The van der Waals surface area contributed by atoms with Crippen molar-refractivity contribution in [1.29, 1.82) is 0 Å². The zero-order valence-electron chi connectivity index (χ0n) is 15.1. The van der Waals surface area contributed by atoms with Crippen molar-refractivity contribution in [2.45, 2.75) is 25.8 Å². The van der Waals surface area contributed by atoms with Gasteiger partial charge in [0.2, 0.25) is 15.9 Å². The quantitative estimate of drug-likeness (QED) is 0.778. The molecule has 1 heterocycles. The number of anilines is 1. The predicted molar refractivity (Wildman–Crippen MR) is 98.5 cm³/mol. The van der Waals surface area contributed by atoms with E-state index in [4.69, 9.17) is 4.74 Å². The topological polar surface area (TPSA) is 79.0 Å². The summed E-state index contributed by atoms with van der Waals surface area (Å²) >= 11 is 0. The minimum atomic E-state index is -3.59. The van der Waals surface area contributed by atoms with Crippen LogP contribution in [0.3, 0.4) is 0 Å². The largest absolute Gasteiger partial charge is 0.494 e. The highest BCUT2D eigenvalue weighted by atomic mass is 32.2. The molecule has 0 aromatic heterocycles. The fourth-order valence-electron chi connectivity index (χ4n) is 2.85. The number of rotatable bonds is 7. The van der Waals surface area contributed by atoms with Crippen molar-refractivity contribution in [2.75, 3.05) is 43.8 Å². The van der Waals surface area contributed by atoms with Gasteiger partial charge in [-0.05, 0) is 52.0 Å². The lowest BCUT2D eigenvalue weighted by atomic mass is 10.1. The first-order valence-electron chi connectivity index (χ1n) is 8.48. The summed E-state index contributed by atoms with van der Waals surface area (Å²) in [6, 6.07) is 6.86. The van der Waals surface area contributed by atoms with Gasteiger partial charge in [0.15, 0.2) is 0 Å². The smallest absolute Gasteiger partial charge is 0.240 e. The summed E-state index contributed by atoms with van der Waals surface area (Å²) in [6.07, 6.45) is 2.85. The lowest BCUT2D eigenvalue weighted by Gasteiger charge is -2.30. The molecule has 1 N–H and O–H groups in total. The second kappa shape index (κ2) is 8.53. The fourth-order valence-corrected chi connectivity index (χ4v) is 3.70. The molecule has 25 heavy (non-hydrogen) atoms. The van der Waals surface area contributed by atoms with E-state index in [1.807, 2.05) is 6.92 Å². The number of piperidine rings is 1. The first kappa shape index (κ1) is 19.5. The van der Waals surface area contributed by atoms with Crippen LogP contribution in [0.15, 0.2) is 24.3 Å². The van der Waals surface area contributed by atoms with E-state index >= 15 is 0 Å². The monoisotopic (exact) mass is 369 g/mol. The Bertz CT molecular complexity index is 685. The van der Waals surface area contributed by atoms with Gasteiger partial charge in [0.25, 0.3) is 0 Å². The molecular weight excluding hydrogens is 342 g/mol. The van der Waals surface area contributed by atoms with Crippen molar-refractivity contribution in [3.8, 4) is 5.75 Å². The third-order valence-corrected chi connectivity index (χ3v) is 5.33. The van der Waals surface area contributed by atoms with E-state index < -0.39 is 10.0 Å². The molecule has 2 rings (SSSR count). The lowest BCUT2D eigenvalue weighted by Crippen LogP contribution is -2.47. The SMILES string of the molecule is CCOc1cccc(N(CC(=O)NC2CCN(C)CC2)S(C)(=O)=O)c1. The number of ether oxygens (including phenoxy) is 1. The van der Waals surface area contributed by atoms with Gasteiger partial charge in [-0.25, -0.2) is 8.42 Å². The van der Waals surface area contributed by atoms with Gasteiger partial charge in [0.1, 0.15) is 12.3 Å². The van der Waals surface area contributed by atoms with Gasteiger partial charge < -0.3 is 15.0 Å². The molecule has 1 aromatic carbocycles. The second-order valence-electron chi connectivity index (χ2n) is 6.35. The molecule has 140 valence electrons. The Labute approximate surface area is 150 Å². The highest BCUT2D eigenvalue weighted by molar-refractivity contribution is 7.92. The molecule has 0 bridgehead atoms. The number of nitrogens with one attached hydrogen (secondary N) is 1. The summed E-state index contributed by atoms with van der Waals surface area (Å²) in [5, 5.41) is 2.95. The molecule has 0 atom stereocenters. The molecule has 7 nitrogen and oxygen atoms in total. The number of hydrogen-bond donors (Lipinski definition) is 1. The van der Waals surface area contributed by atoms with Gasteiger partial charge in [-0.1, -0.05) is 6.07 Å². The van der Waals surface area contributed by atoms with Crippen LogP contribution in [0.1, 0.15) is 19.8 Å². The van der Waals surface area contributed by atoms with Crippen LogP contribution in [-0.2, 0) is 14.8 Å². The fraction of sp³-hybridized carbons (Fsp3) is 0.588. The number of carbonyl (C=O) groups is 1. The van der Waals surface area contributed by atoms with Crippen molar-refractivity contribution in [3.63, 3.8) is 0 Å². The molecule has 1 saturated heterocycles. The number of nitrogens with zero attached hydrogens (tertiary/aromatic N) is 2. The Hall–Kier alpha value is -1.80. The van der Waals surface area contributed by atoms with Gasteiger partial charge >= 0.3 is 0 Å². The molecule has 1 amide bonds. The highest BCUT2D eigenvalue weighted by Crippen LogP contribution is 2.23. The number of benzene rings is 1. The van der Waals surface area contributed by atoms with E-state index in [-0.39, 0.29) is 18.5 Å². The molecule has 1 aliphatic rings. The van der Waals surface area contributed by atoms with Gasteiger partial charge in [0.05, 0.1) is 18.6 Å². The first-order chi connectivity index (χ1) is 11.8. The summed E-state index contributed by atoms with van der Waals surface area (Å²) < 4.78 is 30.9. The van der Waals surface area contributed by atoms with E-state index in [9.17, 15) is 13.2 Å². The molecule has 1 fully saturated rings. The van der Waals surface area contributed by atoms with Crippen molar-refractivity contribution < 1.29 is 17.9 Å². The third kappa shape index (κ3) is 5.89. The minimum Gasteiger partial charge on any atom is -0.494 e. The number of amides is 1. The average molecular weight is 369 g/mol. The standard InChI is InChI=1S/C17H27N3O4S/c1-4-24-16-7-5-6-15(12-16)20(25(3,22)23)13-17(21)18-14-8-10-19(2)11-9-14/h5-7,12,14H,4,8-11,13H2,1-3H3,(H,18,21). The van der Waals surface area contributed by atoms with E-state index in [0.717, 1.165) is 36.5 Å². The van der Waals surface area contributed by atoms with E-state index in [0.29, 0.717) is 18.0 Å². The molecule has 1 aromatic rings. The average Bonchev–Trinajstić information content (AvgIpc) is 2.54. The summed E-state index contributed by atoms with van der Waals surface area (Å²) in [5.74, 6) is 0.283. The van der Waals surface area contributed by atoms with Crippen LogP contribution in [0.25, 0.3) is 0 Å². The van der Waals surface area contributed by atoms with E-state index in [2.05, 4.69) is 17.3 Å². The van der Waals surface area contributed by atoms with Gasteiger partial charge in [0, 0.05) is 12.1 Å². The van der Waals surface area contributed by atoms with Crippen LogP contribution < -0.4 is 14.4 Å². The molecular formula is C17H27N3O4S. The summed E-state index contributed by atoms with van der Waals surface area (Å²) in [5.41, 5.74) is 0.423. The maximum atomic E-state index is 12.4. The predicted octanol–water partition coefficient (Wildman–Crippen LogP) is 1.06. The van der Waals surface area contributed by atoms with Gasteiger partial charge in [-0.15, -0.1) is 0 Å². The second-order valence-corrected chi connectivity index (χ2v) is 8.25. The Kier molecular flexibility index (Phi) is 6.66. The number of likely N-dealkylation sites (tertiary alicyclic amines) is 1. The van der Waals surface area contributed by atoms with Crippen LogP contribution in [0, 0.1) is 0 Å². The number of sulfonamides is 1. The zero-order chi connectivity index (χ0) is 18.4. The first-order valence-corrected chi connectivity index (χ1v) is 10.3. The summed E-state index contributed by atoms with van der Waals surface area (Å²) in [6.45, 7) is 3.96.